The van der Waals surface area contributed by atoms with E-state index in [9.17, 15) is 9.59 Å². The molecule has 0 radical (unpaired) electrons. The third-order valence-corrected chi connectivity index (χ3v) is 4.50. The predicted molar refractivity (Wildman–Crippen MR) is 80.2 cm³/mol. The van der Waals surface area contributed by atoms with Crippen LogP contribution in [0.25, 0.3) is 0 Å². The first-order chi connectivity index (χ1) is 8.72. The molecule has 0 heterocycles. The molecule has 2 N–H and O–H groups in total. The van der Waals surface area contributed by atoms with Gasteiger partial charge in [-0.05, 0) is 36.7 Å². The maximum absolute atomic E-state index is 12.4. The Labute approximate surface area is 120 Å². The first-order valence-corrected chi connectivity index (χ1v) is 8.19. The van der Waals surface area contributed by atoms with E-state index in [-0.39, 0.29) is 22.8 Å². The molecule has 1 fully saturated rings. The quantitative estimate of drug-likeness (QED) is 0.784. The lowest BCUT2D eigenvalue weighted by Gasteiger charge is -2.33. The summed E-state index contributed by atoms with van der Waals surface area (Å²) in [7, 11) is 0. The highest BCUT2D eigenvalue weighted by molar-refractivity contribution is 7.98. The Hall–Kier alpha value is -0.710. The lowest BCUT2D eigenvalue weighted by molar-refractivity contribution is -0.129. The van der Waals surface area contributed by atoms with Gasteiger partial charge < -0.3 is 10.6 Å². The first-order valence-electron chi connectivity index (χ1n) is 6.80. The largest absolute Gasteiger partial charge is 0.348 e. The molecule has 5 heteroatoms. The molecule has 110 valence electrons. The second kappa shape index (κ2) is 6.16. The van der Waals surface area contributed by atoms with Gasteiger partial charge in [0.15, 0.2) is 0 Å². The van der Waals surface area contributed by atoms with Crippen LogP contribution in [0.15, 0.2) is 0 Å². The van der Waals surface area contributed by atoms with Crippen molar-refractivity contribution in [1.29, 1.82) is 0 Å². The zero-order valence-electron chi connectivity index (χ0n) is 12.6. The molecule has 0 saturated heterocycles. The van der Waals surface area contributed by atoms with Crippen LogP contribution in [0.4, 0.5) is 0 Å². The highest BCUT2D eigenvalue weighted by Crippen LogP contribution is 2.49. The molecule has 0 aromatic carbocycles. The van der Waals surface area contributed by atoms with Gasteiger partial charge in [-0.3, -0.25) is 9.59 Å². The van der Waals surface area contributed by atoms with Crippen molar-refractivity contribution in [2.45, 2.75) is 58.5 Å². The van der Waals surface area contributed by atoms with Gasteiger partial charge in [-0.1, -0.05) is 20.8 Å². The molecule has 0 unspecified atom stereocenters. The normalized spacial score (nSPS) is 18.6. The number of amides is 2. The van der Waals surface area contributed by atoms with E-state index in [4.69, 9.17) is 0 Å². The molecular weight excluding hydrogens is 260 g/mol. The van der Waals surface area contributed by atoms with Crippen molar-refractivity contribution in [2.75, 3.05) is 12.0 Å². The SMILES string of the molecule is CSCC[C@H](NC(C)=O)C(=O)NC1(C(C)(C)C)CC1. The molecule has 0 bridgehead atoms. The summed E-state index contributed by atoms with van der Waals surface area (Å²) >= 11 is 1.68. The zero-order chi connectivity index (χ0) is 14.7. The number of hydrogen-bond acceptors (Lipinski definition) is 3. The van der Waals surface area contributed by atoms with Crippen LogP contribution in [0, 0.1) is 5.41 Å². The summed E-state index contributed by atoms with van der Waals surface area (Å²) < 4.78 is 0. The van der Waals surface area contributed by atoms with E-state index < -0.39 is 6.04 Å². The third kappa shape index (κ3) is 4.41. The monoisotopic (exact) mass is 286 g/mol. The molecule has 0 spiro atoms. The minimum atomic E-state index is -0.412. The van der Waals surface area contributed by atoms with Crippen molar-refractivity contribution in [3.8, 4) is 0 Å². The Morgan fingerprint density at radius 3 is 2.26 bits per heavy atom. The molecule has 4 nitrogen and oxygen atoms in total. The van der Waals surface area contributed by atoms with Crippen molar-refractivity contribution in [3.05, 3.63) is 0 Å². The van der Waals surface area contributed by atoms with Crippen molar-refractivity contribution in [3.63, 3.8) is 0 Å². The van der Waals surface area contributed by atoms with E-state index in [0.29, 0.717) is 6.42 Å². The smallest absolute Gasteiger partial charge is 0.243 e. The summed E-state index contributed by atoms with van der Waals surface area (Å²) in [4.78, 5) is 23.6. The van der Waals surface area contributed by atoms with Crippen molar-refractivity contribution in [1.82, 2.24) is 10.6 Å². The molecule has 0 aromatic rings. The number of carbonyl (C=O) groups is 2. The topological polar surface area (TPSA) is 58.2 Å². The summed E-state index contributed by atoms with van der Waals surface area (Å²) in [6.45, 7) is 7.90. The summed E-state index contributed by atoms with van der Waals surface area (Å²) in [5, 5.41) is 5.91. The van der Waals surface area contributed by atoms with Gasteiger partial charge in [-0.25, -0.2) is 0 Å². The van der Waals surface area contributed by atoms with E-state index in [1.54, 1.807) is 11.8 Å². The Bertz CT molecular complexity index is 346. The lowest BCUT2D eigenvalue weighted by atomic mass is 9.84. The van der Waals surface area contributed by atoms with E-state index in [2.05, 4.69) is 31.4 Å². The fourth-order valence-electron chi connectivity index (χ4n) is 2.26. The molecule has 0 aliphatic heterocycles. The maximum atomic E-state index is 12.4. The number of rotatable bonds is 6. The molecule has 1 saturated carbocycles. The van der Waals surface area contributed by atoms with E-state index in [1.165, 1.54) is 6.92 Å². The summed E-state index contributed by atoms with van der Waals surface area (Å²) in [6, 6.07) is -0.412. The standard InChI is InChI=1S/C14H26N2O2S/c1-10(17)15-11(6-9-19-5)12(18)16-14(7-8-14)13(2,3)4/h11H,6-9H2,1-5H3,(H,15,17)(H,16,18)/t11-/m0/s1. The van der Waals surface area contributed by atoms with Gasteiger partial charge in [0.25, 0.3) is 0 Å². The molecule has 0 aromatic heterocycles. The molecule has 19 heavy (non-hydrogen) atoms. The van der Waals surface area contributed by atoms with Gasteiger partial charge in [-0.15, -0.1) is 0 Å². The summed E-state index contributed by atoms with van der Waals surface area (Å²) in [5.41, 5.74) is -0.0247. The third-order valence-electron chi connectivity index (χ3n) is 3.85. The van der Waals surface area contributed by atoms with Gasteiger partial charge in [0.05, 0.1) is 0 Å². The second-order valence-corrected chi connectivity index (χ2v) is 7.34. The van der Waals surface area contributed by atoms with Crippen LogP contribution in [-0.2, 0) is 9.59 Å². The molecule has 1 rings (SSSR count). The molecule has 1 atom stereocenters. The van der Waals surface area contributed by atoms with Crippen LogP contribution in [0.2, 0.25) is 0 Å². The van der Waals surface area contributed by atoms with Gasteiger partial charge in [0, 0.05) is 12.5 Å². The van der Waals surface area contributed by atoms with Gasteiger partial charge in [0.2, 0.25) is 11.8 Å². The average molecular weight is 286 g/mol. The Morgan fingerprint density at radius 2 is 1.89 bits per heavy atom. The first kappa shape index (κ1) is 16.3. The number of nitrogens with one attached hydrogen (secondary N) is 2. The molecule has 1 aliphatic rings. The van der Waals surface area contributed by atoms with E-state index in [0.717, 1.165) is 18.6 Å². The van der Waals surface area contributed by atoms with Gasteiger partial charge in [0.1, 0.15) is 6.04 Å². The lowest BCUT2D eigenvalue weighted by Crippen LogP contribution is -2.54. The molecule has 2 amide bonds. The minimum absolute atomic E-state index is 0.0447. The van der Waals surface area contributed by atoms with Crippen molar-refractivity contribution in [2.24, 2.45) is 5.41 Å². The molecule has 1 aliphatic carbocycles. The van der Waals surface area contributed by atoms with E-state index in [1.807, 2.05) is 6.26 Å². The van der Waals surface area contributed by atoms with Gasteiger partial charge in [-0.2, -0.15) is 11.8 Å². The maximum Gasteiger partial charge on any atom is 0.243 e. The van der Waals surface area contributed by atoms with Crippen molar-refractivity contribution < 1.29 is 9.59 Å². The van der Waals surface area contributed by atoms with Crippen LogP contribution in [0.3, 0.4) is 0 Å². The van der Waals surface area contributed by atoms with Crippen LogP contribution < -0.4 is 10.6 Å². The van der Waals surface area contributed by atoms with Gasteiger partial charge >= 0.3 is 0 Å². The fraction of sp³-hybridized carbons (Fsp3) is 0.857. The second-order valence-electron chi connectivity index (χ2n) is 6.36. The Kier molecular flexibility index (Phi) is 5.30. The highest BCUT2D eigenvalue weighted by atomic mass is 32.2. The summed E-state index contributed by atoms with van der Waals surface area (Å²) in [5.74, 6) is 0.666. The predicted octanol–water partition coefficient (Wildman–Crippen LogP) is 1.94. The Morgan fingerprint density at radius 1 is 1.32 bits per heavy atom. The zero-order valence-corrected chi connectivity index (χ0v) is 13.4. The average Bonchev–Trinajstić information content (AvgIpc) is 3.03. The minimum Gasteiger partial charge on any atom is -0.348 e. The number of thioether (sulfide) groups is 1. The van der Waals surface area contributed by atoms with Crippen LogP contribution >= 0.6 is 11.8 Å². The van der Waals surface area contributed by atoms with Crippen LogP contribution in [0.5, 0.6) is 0 Å². The van der Waals surface area contributed by atoms with Crippen LogP contribution in [0.1, 0.15) is 47.0 Å². The number of carbonyl (C=O) groups excluding carboxylic acids is 2. The fourth-order valence-corrected chi connectivity index (χ4v) is 2.73. The van der Waals surface area contributed by atoms with E-state index >= 15 is 0 Å². The molecular formula is C14H26N2O2S. The summed E-state index contributed by atoms with van der Waals surface area (Å²) in [6.07, 6.45) is 4.72. The Balaban J connectivity index is 2.64. The van der Waals surface area contributed by atoms with Crippen LogP contribution in [-0.4, -0.2) is 35.4 Å². The number of hydrogen-bond donors (Lipinski definition) is 2. The highest BCUT2D eigenvalue weighted by Gasteiger charge is 2.53. The van der Waals surface area contributed by atoms with Crippen molar-refractivity contribution >= 4 is 23.6 Å².